The van der Waals surface area contributed by atoms with E-state index in [2.05, 4.69) is 30.7 Å². The Balaban J connectivity index is 1.87. The molecule has 2 aromatic carbocycles. The highest BCUT2D eigenvalue weighted by Crippen LogP contribution is 2.29. The highest BCUT2D eigenvalue weighted by atomic mass is 79.9. The quantitative estimate of drug-likeness (QED) is 0.594. The third-order valence-electron chi connectivity index (χ3n) is 3.20. The Morgan fingerprint density at radius 3 is 2.44 bits per heavy atom. The summed E-state index contributed by atoms with van der Waals surface area (Å²) in [6.45, 7) is -3.13. The second kappa shape index (κ2) is 9.45. The van der Waals surface area contributed by atoms with Gasteiger partial charge in [0.1, 0.15) is 5.75 Å². The molecule has 146 valence electrons. The first-order chi connectivity index (χ1) is 12.7. The molecule has 0 spiro atoms. The average molecular weight is 484 g/mol. The molecule has 0 aliphatic rings. The number of carbonyl (C=O) groups is 1. The molecular formula is C16H14BrClF2N2O4S. The number of hydrogen-bond acceptors (Lipinski definition) is 4. The fourth-order valence-corrected chi connectivity index (χ4v) is 3.51. The highest BCUT2D eigenvalue weighted by Gasteiger charge is 2.14. The number of benzene rings is 2. The lowest BCUT2D eigenvalue weighted by Crippen LogP contribution is -2.27. The molecule has 2 aromatic rings. The first kappa shape index (κ1) is 21.5. The van der Waals surface area contributed by atoms with E-state index in [1.54, 1.807) is 12.1 Å². The van der Waals surface area contributed by atoms with Crippen molar-refractivity contribution in [1.29, 1.82) is 0 Å². The van der Waals surface area contributed by atoms with Crippen LogP contribution in [0.3, 0.4) is 0 Å². The molecule has 0 aliphatic heterocycles. The third-order valence-corrected chi connectivity index (χ3v) is 5.50. The van der Waals surface area contributed by atoms with E-state index in [-0.39, 0.29) is 34.3 Å². The lowest BCUT2D eigenvalue weighted by atomic mass is 10.3. The summed E-state index contributed by atoms with van der Waals surface area (Å²) in [7, 11) is -3.73. The first-order valence-corrected chi connectivity index (χ1v) is 10.1. The molecule has 0 aliphatic carbocycles. The maximum atomic E-state index is 12.2. The van der Waals surface area contributed by atoms with Crippen molar-refractivity contribution < 1.29 is 26.7 Å². The Kier molecular flexibility index (Phi) is 7.54. The van der Waals surface area contributed by atoms with Gasteiger partial charge in [0.05, 0.1) is 9.92 Å². The van der Waals surface area contributed by atoms with Crippen molar-refractivity contribution in [2.45, 2.75) is 17.9 Å². The van der Waals surface area contributed by atoms with Crippen LogP contribution in [0.15, 0.2) is 51.8 Å². The largest absolute Gasteiger partial charge is 0.433 e. The zero-order valence-corrected chi connectivity index (χ0v) is 16.7. The van der Waals surface area contributed by atoms with Crippen LogP contribution in [0.1, 0.15) is 6.42 Å². The predicted molar refractivity (Wildman–Crippen MR) is 101 cm³/mol. The van der Waals surface area contributed by atoms with Gasteiger partial charge < -0.3 is 10.1 Å². The van der Waals surface area contributed by atoms with Gasteiger partial charge >= 0.3 is 6.61 Å². The Morgan fingerprint density at radius 2 is 1.85 bits per heavy atom. The topological polar surface area (TPSA) is 84.5 Å². The normalized spacial score (nSPS) is 11.4. The molecule has 1 amide bonds. The van der Waals surface area contributed by atoms with E-state index in [1.165, 1.54) is 30.3 Å². The molecule has 6 nitrogen and oxygen atoms in total. The standard InChI is InChI=1S/C16H14BrClF2N2O4S/c17-10-1-4-12(5-2-10)27(24,25)21-8-7-15(23)22-11-3-6-14(13(18)9-11)26-16(19)20/h1-6,9,16,21H,7-8H2,(H,22,23). The molecule has 0 aromatic heterocycles. The number of ether oxygens (including phenoxy) is 1. The first-order valence-electron chi connectivity index (χ1n) is 7.47. The van der Waals surface area contributed by atoms with Crippen LogP contribution in [-0.4, -0.2) is 27.5 Å². The zero-order valence-electron chi connectivity index (χ0n) is 13.6. The van der Waals surface area contributed by atoms with E-state index in [0.29, 0.717) is 0 Å². The summed E-state index contributed by atoms with van der Waals surface area (Å²) in [5.74, 6) is -0.695. The summed E-state index contributed by atoms with van der Waals surface area (Å²) in [6.07, 6.45) is -0.136. The van der Waals surface area contributed by atoms with Crippen LogP contribution in [0, 0.1) is 0 Å². The lowest BCUT2D eigenvalue weighted by Gasteiger charge is -2.10. The van der Waals surface area contributed by atoms with Crippen LogP contribution in [0.2, 0.25) is 5.02 Å². The lowest BCUT2D eigenvalue weighted by molar-refractivity contribution is -0.116. The second-order valence-electron chi connectivity index (χ2n) is 5.17. The van der Waals surface area contributed by atoms with E-state index in [1.807, 2.05) is 0 Å². The van der Waals surface area contributed by atoms with Gasteiger partial charge in [0.25, 0.3) is 0 Å². The van der Waals surface area contributed by atoms with Crippen molar-refractivity contribution in [2.75, 3.05) is 11.9 Å². The summed E-state index contributed by atoms with van der Waals surface area (Å²) in [5.41, 5.74) is 0.266. The summed E-state index contributed by atoms with van der Waals surface area (Å²) in [4.78, 5) is 12.0. The molecule has 0 saturated heterocycles. The van der Waals surface area contributed by atoms with Crippen LogP contribution in [-0.2, 0) is 14.8 Å². The minimum Gasteiger partial charge on any atom is -0.433 e. The van der Waals surface area contributed by atoms with E-state index in [9.17, 15) is 22.0 Å². The highest BCUT2D eigenvalue weighted by molar-refractivity contribution is 9.10. The number of halogens is 4. The number of sulfonamides is 1. The molecule has 0 unspecified atom stereocenters. The van der Waals surface area contributed by atoms with E-state index >= 15 is 0 Å². The summed E-state index contributed by atoms with van der Waals surface area (Å²) >= 11 is 9.01. The maximum Gasteiger partial charge on any atom is 0.387 e. The van der Waals surface area contributed by atoms with Gasteiger partial charge in [-0.05, 0) is 42.5 Å². The van der Waals surface area contributed by atoms with Crippen molar-refractivity contribution in [3.63, 3.8) is 0 Å². The molecule has 0 saturated carbocycles. The molecule has 2 N–H and O–H groups in total. The van der Waals surface area contributed by atoms with Gasteiger partial charge in [0, 0.05) is 23.1 Å². The van der Waals surface area contributed by atoms with E-state index < -0.39 is 22.5 Å². The molecule has 0 radical (unpaired) electrons. The van der Waals surface area contributed by atoms with Crippen molar-refractivity contribution >= 4 is 49.1 Å². The molecule has 2 rings (SSSR count). The number of amides is 1. The minimum atomic E-state index is -3.73. The van der Waals surface area contributed by atoms with E-state index in [4.69, 9.17) is 11.6 Å². The Hall–Kier alpha value is -1.75. The van der Waals surface area contributed by atoms with Crippen molar-refractivity contribution in [3.8, 4) is 5.75 Å². The summed E-state index contributed by atoms with van der Waals surface area (Å²) < 4.78 is 55.8. The van der Waals surface area contributed by atoms with Crippen LogP contribution in [0.4, 0.5) is 14.5 Å². The van der Waals surface area contributed by atoms with Crippen LogP contribution < -0.4 is 14.8 Å². The zero-order chi connectivity index (χ0) is 20.0. The van der Waals surface area contributed by atoms with Gasteiger partial charge in [0.2, 0.25) is 15.9 Å². The Labute approximate surface area is 168 Å². The van der Waals surface area contributed by atoms with Crippen LogP contribution >= 0.6 is 27.5 Å². The fourth-order valence-electron chi connectivity index (χ4n) is 1.99. The number of anilines is 1. The van der Waals surface area contributed by atoms with Gasteiger partial charge in [-0.3, -0.25) is 4.79 Å². The fraction of sp³-hybridized carbons (Fsp3) is 0.188. The molecule has 0 atom stereocenters. The summed E-state index contributed by atoms with van der Waals surface area (Å²) in [6, 6.07) is 9.82. The van der Waals surface area contributed by atoms with Crippen molar-refractivity contribution in [3.05, 3.63) is 52.0 Å². The number of carbonyl (C=O) groups excluding carboxylic acids is 1. The Bertz CT molecular complexity index is 911. The van der Waals surface area contributed by atoms with E-state index in [0.717, 1.165) is 4.47 Å². The molecule has 27 heavy (non-hydrogen) atoms. The molecule has 0 heterocycles. The third kappa shape index (κ3) is 6.73. The number of nitrogens with one attached hydrogen (secondary N) is 2. The molecule has 0 fully saturated rings. The number of hydrogen-bond donors (Lipinski definition) is 2. The Morgan fingerprint density at radius 1 is 1.19 bits per heavy atom. The van der Waals surface area contributed by atoms with Crippen molar-refractivity contribution in [2.24, 2.45) is 0 Å². The van der Waals surface area contributed by atoms with Crippen LogP contribution in [0.5, 0.6) is 5.75 Å². The van der Waals surface area contributed by atoms with Gasteiger partial charge in [-0.1, -0.05) is 27.5 Å². The summed E-state index contributed by atoms with van der Waals surface area (Å²) in [5, 5.41) is 2.40. The predicted octanol–water partition coefficient (Wildman–Crippen LogP) is 4.01. The maximum absolute atomic E-state index is 12.2. The van der Waals surface area contributed by atoms with Gasteiger partial charge in [-0.25, -0.2) is 13.1 Å². The number of alkyl halides is 2. The minimum absolute atomic E-state index is 0.0764. The molecule has 0 bridgehead atoms. The number of rotatable bonds is 8. The molecule has 11 heteroatoms. The average Bonchev–Trinajstić information content (AvgIpc) is 2.57. The van der Waals surface area contributed by atoms with Crippen molar-refractivity contribution in [1.82, 2.24) is 4.72 Å². The van der Waals surface area contributed by atoms with Gasteiger partial charge in [-0.15, -0.1) is 0 Å². The SMILES string of the molecule is O=C(CCNS(=O)(=O)c1ccc(Br)cc1)Nc1ccc(OC(F)F)c(Cl)c1. The second-order valence-corrected chi connectivity index (χ2v) is 8.26. The van der Waals surface area contributed by atoms with Crippen LogP contribution in [0.25, 0.3) is 0 Å². The van der Waals surface area contributed by atoms with Gasteiger partial charge in [0.15, 0.2) is 0 Å². The van der Waals surface area contributed by atoms with Gasteiger partial charge in [-0.2, -0.15) is 8.78 Å². The monoisotopic (exact) mass is 482 g/mol. The molecular weight excluding hydrogens is 470 g/mol. The smallest absolute Gasteiger partial charge is 0.387 e.